The maximum atomic E-state index is 3.84. The molecule has 1 aromatic carbocycles. The van der Waals surface area contributed by atoms with Crippen LogP contribution >= 0.6 is 15.9 Å². The molecule has 0 amide bonds. The second-order valence-corrected chi connectivity index (χ2v) is 5.99. The monoisotopic (exact) mass is 280 g/mol. The molecule has 0 radical (unpaired) electrons. The fourth-order valence-corrected chi connectivity index (χ4v) is 3.11. The molecule has 0 aromatic heterocycles. The van der Waals surface area contributed by atoms with E-state index in [1.54, 1.807) is 0 Å². The molecule has 0 heterocycles. The van der Waals surface area contributed by atoms with E-state index >= 15 is 0 Å². The Morgan fingerprint density at radius 1 is 1.19 bits per heavy atom. The first-order valence-electron chi connectivity index (χ1n) is 6.50. The van der Waals surface area contributed by atoms with Gasteiger partial charge in [-0.3, -0.25) is 0 Å². The highest BCUT2D eigenvalue weighted by Gasteiger charge is 2.25. The molecule has 0 bridgehead atoms. The van der Waals surface area contributed by atoms with Crippen LogP contribution in [0.3, 0.4) is 0 Å². The molecule has 1 unspecified atom stereocenters. The summed E-state index contributed by atoms with van der Waals surface area (Å²) in [7, 11) is 0. The molecule has 1 saturated carbocycles. The van der Waals surface area contributed by atoms with Crippen LogP contribution in [0.2, 0.25) is 0 Å². The van der Waals surface area contributed by atoms with Gasteiger partial charge in [0, 0.05) is 4.83 Å². The van der Waals surface area contributed by atoms with Crippen molar-refractivity contribution in [2.24, 2.45) is 5.92 Å². The van der Waals surface area contributed by atoms with Crippen LogP contribution in [0, 0.1) is 5.92 Å². The predicted molar refractivity (Wildman–Crippen MR) is 74.2 cm³/mol. The van der Waals surface area contributed by atoms with E-state index in [0.717, 1.165) is 18.8 Å². The van der Waals surface area contributed by atoms with Gasteiger partial charge in [-0.25, -0.2) is 0 Å². The summed E-state index contributed by atoms with van der Waals surface area (Å²) in [5.74, 6) is 0.986. The Labute approximate surface area is 108 Å². The summed E-state index contributed by atoms with van der Waals surface area (Å²) in [6.45, 7) is 4.49. The van der Waals surface area contributed by atoms with Gasteiger partial charge in [0.05, 0.1) is 0 Å². The van der Waals surface area contributed by atoms with Crippen LogP contribution in [-0.2, 0) is 12.8 Å². The standard InChI is InChI=1S/C15H21Br/c1-3-12-7-8-14(10-13(12)4-2)15(16)9-11-5-6-11/h7-8,10-11,15H,3-6,9H2,1-2H3. The van der Waals surface area contributed by atoms with Crippen molar-refractivity contribution in [3.63, 3.8) is 0 Å². The zero-order chi connectivity index (χ0) is 11.5. The number of hydrogen-bond donors (Lipinski definition) is 0. The van der Waals surface area contributed by atoms with Crippen LogP contribution in [0.5, 0.6) is 0 Å². The summed E-state index contributed by atoms with van der Waals surface area (Å²) in [4.78, 5) is 0.566. The third-order valence-electron chi connectivity index (χ3n) is 3.59. The van der Waals surface area contributed by atoms with Gasteiger partial charge in [-0.05, 0) is 41.9 Å². The number of hydrogen-bond acceptors (Lipinski definition) is 0. The highest BCUT2D eigenvalue weighted by molar-refractivity contribution is 9.09. The Balaban J connectivity index is 2.13. The van der Waals surface area contributed by atoms with Crippen molar-refractivity contribution in [1.29, 1.82) is 0 Å². The maximum Gasteiger partial charge on any atom is 0.0398 e. The highest BCUT2D eigenvalue weighted by Crippen LogP contribution is 2.41. The van der Waals surface area contributed by atoms with E-state index in [0.29, 0.717) is 4.83 Å². The highest BCUT2D eigenvalue weighted by atomic mass is 79.9. The van der Waals surface area contributed by atoms with Gasteiger partial charge < -0.3 is 0 Å². The van der Waals surface area contributed by atoms with Gasteiger partial charge in [-0.2, -0.15) is 0 Å². The van der Waals surface area contributed by atoms with Crippen molar-refractivity contribution in [2.45, 2.75) is 50.8 Å². The first-order valence-corrected chi connectivity index (χ1v) is 7.41. The fraction of sp³-hybridized carbons (Fsp3) is 0.600. The number of aryl methyl sites for hydroxylation is 2. The molecule has 1 heteroatoms. The van der Waals surface area contributed by atoms with Gasteiger partial charge in [0.1, 0.15) is 0 Å². The minimum absolute atomic E-state index is 0.566. The van der Waals surface area contributed by atoms with Crippen LogP contribution in [0.4, 0.5) is 0 Å². The van der Waals surface area contributed by atoms with Crippen molar-refractivity contribution >= 4 is 15.9 Å². The number of halogens is 1. The normalized spacial score (nSPS) is 17.4. The van der Waals surface area contributed by atoms with Gasteiger partial charge in [-0.1, -0.05) is 60.8 Å². The molecule has 0 N–H and O–H groups in total. The van der Waals surface area contributed by atoms with E-state index in [1.165, 1.54) is 36.0 Å². The SMILES string of the molecule is CCc1ccc(C(Br)CC2CC2)cc1CC. The third-order valence-corrected chi connectivity index (χ3v) is 4.49. The minimum Gasteiger partial charge on any atom is -0.0839 e. The van der Waals surface area contributed by atoms with Crippen molar-refractivity contribution < 1.29 is 0 Å². The molecule has 2 rings (SSSR count). The predicted octanol–water partition coefficient (Wildman–Crippen LogP) is 5.05. The zero-order valence-corrected chi connectivity index (χ0v) is 11.9. The van der Waals surface area contributed by atoms with Gasteiger partial charge in [-0.15, -0.1) is 0 Å². The average Bonchev–Trinajstić information content (AvgIpc) is 3.11. The molecule has 88 valence electrons. The van der Waals surface area contributed by atoms with Gasteiger partial charge in [0.2, 0.25) is 0 Å². The summed E-state index contributed by atoms with van der Waals surface area (Å²) in [6, 6.07) is 7.02. The Morgan fingerprint density at radius 3 is 2.44 bits per heavy atom. The van der Waals surface area contributed by atoms with E-state index in [-0.39, 0.29) is 0 Å². The number of benzene rings is 1. The summed E-state index contributed by atoms with van der Waals surface area (Å²) in [5, 5.41) is 0. The van der Waals surface area contributed by atoms with Crippen LogP contribution in [0.25, 0.3) is 0 Å². The summed E-state index contributed by atoms with van der Waals surface area (Å²) >= 11 is 3.84. The van der Waals surface area contributed by atoms with Crippen LogP contribution in [-0.4, -0.2) is 0 Å². The van der Waals surface area contributed by atoms with E-state index < -0.39 is 0 Å². The molecular weight excluding hydrogens is 260 g/mol. The van der Waals surface area contributed by atoms with Crippen LogP contribution in [0.15, 0.2) is 18.2 Å². The molecular formula is C15H21Br. The Bertz CT molecular complexity index is 352. The molecule has 1 aromatic rings. The molecule has 1 aliphatic carbocycles. The summed E-state index contributed by atoms with van der Waals surface area (Å²) in [6.07, 6.45) is 6.50. The maximum absolute atomic E-state index is 3.84. The van der Waals surface area contributed by atoms with Gasteiger partial charge in [0.25, 0.3) is 0 Å². The van der Waals surface area contributed by atoms with Crippen molar-refractivity contribution in [2.75, 3.05) is 0 Å². The lowest BCUT2D eigenvalue weighted by Crippen LogP contribution is -1.97. The topological polar surface area (TPSA) is 0 Å². The Morgan fingerprint density at radius 2 is 1.88 bits per heavy atom. The molecule has 0 saturated heterocycles. The number of alkyl halides is 1. The van der Waals surface area contributed by atoms with E-state index in [2.05, 4.69) is 48.0 Å². The van der Waals surface area contributed by atoms with E-state index in [4.69, 9.17) is 0 Å². The second-order valence-electron chi connectivity index (χ2n) is 4.88. The van der Waals surface area contributed by atoms with Crippen molar-refractivity contribution in [3.05, 3.63) is 34.9 Å². The average molecular weight is 281 g/mol. The number of rotatable bonds is 5. The van der Waals surface area contributed by atoms with E-state index in [9.17, 15) is 0 Å². The first-order chi connectivity index (χ1) is 7.74. The van der Waals surface area contributed by atoms with Gasteiger partial charge >= 0.3 is 0 Å². The molecule has 0 aliphatic heterocycles. The largest absolute Gasteiger partial charge is 0.0839 e. The molecule has 16 heavy (non-hydrogen) atoms. The smallest absolute Gasteiger partial charge is 0.0398 e. The van der Waals surface area contributed by atoms with Crippen molar-refractivity contribution in [1.82, 2.24) is 0 Å². The molecule has 1 atom stereocenters. The molecule has 0 nitrogen and oxygen atoms in total. The second kappa shape index (κ2) is 5.35. The van der Waals surface area contributed by atoms with Crippen LogP contribution < -0.4 is 0 Å². The van der Waals surface area contributed by atoms with Gasteiger partial charge in [0.15, 0.2) is 0 Å². The fourth-order valence-electron chi connectivity index (χ4n) is 2.30. The van der Waals surface area contributed by atoms with E-state index in [1.807, 2.05) is 0 Å². The van der Waals surface area contributed by atoms with Crippen molar-refractivity contribution in [3.8, 4) is 0 Å². The quantitative estimate of drug-likeness (QED) is 0.663. The third kappa shape index (κ3) is 2.88. The molecule has 1 aliphatic rings. The first kappa shape index (κ1) is 12.2. The lowest BCUT2D eigenvalue weighted by atomic mass is 9.97. The summed E-state index contributed by atoms with van der Waals surface area (Å²) < 4.78 is 0. The summed E-state index contributed by atoms with van der Waals surface area (Å²) in [5.41, 5.74) is 4.51. The van der Waals surface area contributed by atoms with Crippen LogP contribution in [0.1, 0.15) is 54.6 Å². The Hall–Kier alpha value is -0.300. The molecule has 1 fully saturated rings. The lowest BCUT2D eigenvalue weighted by molar-refractivity contribution is 0.720. The minimum atomic E-state index is 0.566. The Kier molecular flexibility index (Phi) is 4.07. The molecule has 0 spiro atoms. The lowest BCUT2D eigenvalue weighted by Gasteiger charge is -2.13. The zero-order valence-electron chi connectivity index (χ0n) is 10.3.